The van der Waals surface area contributed by atoms with Crippen molar-refractivity contribution in [2.45, 2.75) is 38.3 Å². The Labute approximate surface area is 121 Å². The standard InChI is InChI=1S/C16H25N3O/c1-17-16(19-15-9-5-6-10-15)18-11-12-20-13-14-7-3-2-4-8-14/h2-4,7-8,15H,5-6,9-13H2,1H3,(H2,17,18,19). The number of hydrogen-bond donors (Lipinski definition) is 2. The topological polar surface area (TPSA) is 45.7 Å². The molecule has 0 heterocycles. The van der Waals surface area contributed by atoms with Crippen LogP contribution in [-0.2, 0) is 11.3 Å². The molecule has 20 heavy (non-hydrogen) atoms. The lowest BCUT2D eigenvalue weighted by Gasteiger charge is -2.16. The van der Waals surface area contributed by atoms with Gasteiger partial charge in [-0.3, -0.25) is 4.99 Å². The number of ether oxygens (including phenoxy) is 1. The average Bonchev–Trinajstić information content (AvgIpc) is 3.00. The molecule has 0 aliphatic heterocycles. The normalized spacial score (nSPS) is 16.4. The molecule has 4 heteroatoms. The average molecular weight is 275 g/mol. The zero-order valence-corrected chi connectivity index (χ0v) is 12.3. The van der Waals surface area contributed by atoms with Crippen molar-refractivity contribution >= 4 is 5.96 Å². The van der Waals surface area contributed by atoms with Crippen LogP contribution in [0.2, 0.25) is 0 Å². The highest BCUT2D eigenvalue weighted by atomic mass is 16.5. The van der Waals surface area contributed by atoms with E-state index >= 15 is 0 Å². The molecule has 0 unspecified atom stereocenters. The number of benzene rings is 1. The van der Waals surface area contributed by atoms with Crippen LogP contribution in [0.15, 0.2) is 35.3 Å². The SMILES string of the molecule is CN=C(NCCOCc1ccccc1)NC1CCCC1. The van der Waals surface area contributed by atoms with E-state index in [4.69, 9.17) is 4.74 Å². The number of nitrogens with zero attached hydrogens (tertiary/aromatic N) is 1. The van der Waals surface area contributed by atoms with Gasteiger partial charge in [0.05, 0.1) is 13.2 Å². The van der Waals surface area contributed by atoms with E-state index in [2.05, 4.69) is 27.8 Å². The summed E-state index contributed by atoms with van der Waals surface area (Å²) < 4.78 is 5.64. The van der Waals surface area contributed by atoms with Crippen LogP contribution in [0.5, 0.6) is 0 Å². The molecule has 1 aromatic carbocycles. The Bertz CT molecular complexity index is 399. The van der Waals surface area contributed by atoms with Gasteiger partial charge in [0, 0.05) is 19.6 Å². The Morgan fingerprint density at radius 3 is 2.70 bits per heavy atom. The molecule has 1 fully saturated rings. The maximum absolute atomic E-state index is 5.64. The van der Waals surface area contributed by atoms with Crippen molar-refractivity contribution in [2.75, 3.05) is 20.2 Å². The Morgan fingerprint density at radius 1 is 1.25 bits per heavy atom. The lowest BCUT2D eigenvalue weighted by molar-refractivity contribution is 0.125. The van der Waals surface area contributed by atoms with Crippen LogP contribution < -0.4 is 10.6 Å². The van der Waals surface area contributed by atoms with E-state index in [0.29, 0.717) is 19.3 Å². The molecular formula is C16H25N3O. The summed E-state index contributed by atoms with van der Waals surface area (Å²) in [6.07, 6.45) is 5.17. The van der Waals surface area contributed by atoms with Gasteiger partial charge in [-0.05, 0) is 18.4 Å². The molecule has 1 aromatic rings. The lowest BCUT2D eigenvalue weighted by atomic mass is 10.2. The second-order valence-corrected chi connectivity index (χ2v) is 5.16. The molecule has 0 amide bonds. The van der Waals surface area contributed by atoms with E-state index in [1.54, 1.807) is 0 Å². The smallest absolute Gasteiger partial charge is 0.191 e. The molecule has 4 nitrogen and oxygen atoms in total. The van der Waals surface area contributed by atoms with Crippen LogP contribution >= 0.6 is 0 Å². The minimum absolute atomic E-state index is 0.589. The third kappa shape index (κ3) is 5.21. The van der Waals surface area contributed by atoms with Crippen molar-refractivity contribution in [2.24, 2.45) is 4.99 Å². The predicted molar refractivity (Wildman–Crippen MR) is 82.9 cm³/mol. The fourth-order valence-corrected chi connectivity index (χ4v) is 2.46. The fraction of sp³-hybridized carbons (Fsp3) is 0.562. The molecule has 0 aromatic heterocycles. The van der Waals surface area contributed by atoms with Crippen LogP contribution in [0.4, 0.5) is 0 Å². The van der Waals surface area contributed by atoms with Gasteiger partial charge < -0.3 is 15.4 Å². The molecule has 0 bridgehead atoms. The summed E-state index contributed by atoms with van der Waals surface area (Å²) in [6.45, 7) is 2.12. The lowest BCUT2D eigenvalue weighted by Crippen LogP contribution is -2.43. The molecule has 0 spiro atoms. The third-order valence-electron chi connectivity index (χ3n) is 3.57. The number of guanidine groups is 1. The Balaban J connectivity index is 1.57. The van der Waals surface area contributed by atoms with E-state index in [-0.39, 0.29) is 0 Å². The largest absolute Gasteiger partial charge is 0.375 e. The molecule has 0 radical (unpaired) electrons. The second kappa shape index (κ2) is 8.59. The molecule has 0 atom stereocenters. The Hall–Kier alpha value is -1.55. The molecule has 1 saturated carbocycles. The van der Waals surface area contributed by atoms with Gasteiger partial charge in [0.2, 0.25) is 0 Å². The second-order valence-electron chi connectivity index (χ2n) is 5.16. The molecule has 2 rings (SSSR count). The van der Waals surface area contributed by atoms with Gasteiger partial charge in [0.1, 0.15) is 0 Å². The van der Waals surface area contributed by atoms with E-state index in [9.17, 15) is 0 Å². The first-order valence-corrected chi connectivity index (χ1v) is 7.47. The van der Waals surface area contributed by atoms with Crippen LogP contribution in [0, 0.1) is 0 Å². The quantitative estimate of drug-likeness (QED) is 0.476. The van der Waals surface area contributed by atoms with Gasteiger partial charge in [-0.25, -0.2) is 0 Å². The first-order valence-electron chi connectivity index (χ1n) is 7.47. The third-order valence-corrected chi connectivity index (χ3v) is 3.57. The Morgan fingerprint density at radius 2 is 2.00 bits per heavy atom. The summed E-state index contributed by atoms with van der Waals surface area (Å²) in [5.74, 6) is 0.889. The number of nitrogens with one attached hydrogen (secondary N) is 2. The monoisotopic (exact) mass is 275 g/mol. The molecule has 1 aliphatic rings. The summed E-state index contributed by atoms with van der Waals surface area (Å²) in [7, 11) is 1.81. The highest BCUT2D eigenvalue weighted by Crippen LogP contribution is 2.17. The number of aliphatic imine (C=N–C) groups is 1. The first-order chi connectivity index (χ1) is 9.88. The van der Waals surface area contributed by atoms with Crippen molar-refractivity contribution in [3.63, 3.8) is 0 Å². The zero-order valence-electron chi connectivity index (χ0n) is 12.3. The van der Waals surface area contributed by atoms with Gasteiger partial charge in [-0.15, -0.1) is 0 Å². The minimum atomic E-state index is 0.589. The van der Waals surface area contributed by atoms with Crippen LogP contribution in [0.25, 0.3) is 0 Å². The van der Waals surface area contributed by atoms with Gasteiger partial charge in [-0.1, -0.05) is 43.2 Å². The van der Waals surface area contributed by atoms with Crippen molar-refractivity contribution < 1.29 is 4.74 Å². The Kier molecular flexibility index (Phi) is 6.38. The van der Waals surface area contributed by atoms with Gasteiger partial charge >= 0.3 is 0 Å². The van der Waals surface area contributed by atoms with E-state index in [0.717, 1.165) is 12.5 Å². The molecule has 0 saturated heterocycles. The molecular weight excluding hydrogens is 250 g/mol. The minimum Gasteiger partial charge on any atom is -0.375 e. The van der Waals surface area contributed by atoms with Crippen molar-refractivity contribution in [3.05, 3.63) is 35.9 Å². The van der Waals surface area contributed by atoms with Gasteiger partial charge in [0.15, 0.2) is 5.96 Å². The van der Waals surface area contributed by atoms with E-state index in [1.807, 2.05) is 25.2 Å². The number of hydrogen-bond acceptors (Lipinski definition) is 2. The zero-order chi connectivity index (χ0) is 14.0. The summed E-state index contributed by atoms with van der Waals surface area (Å²) in [6, 6.07) is 10.8. The first kappa shape index (κ1) is 14.9. The van der Waals surface area contributed by atoms with Gasteiger partial charge in [0.25, 0.3) is 0 Å². The maximum Gasteiger partial charge on any atom is 0.191 e. The van der Waals surface area contributed by atoms with Gasteiger partial charge in [-0.2, -0.15) is 0 Å². The van der Waals surface area contributed by atoms with Crippen LogP contribution in [0.1, 0.15) is 31.2 Å². The molecule has 110 valence electrons. The predicted octanol–water partition coefficient (Wildman–Crippen LogP) is 2.31. The molecule has 2 N–H and O–H groups in total. The summed E-state index contributed by atoms with van der Waals surface area (Å²) >= 11 is 0. The van der Waals surface area contributed by atoms with Crippen LogP contribution in [0.3, 0.4) is 0 Å². The van der Waals surface area contributed by atoms with Crippen molar-refractivity contribution in [1.82, 2.24) is 10.6 Å². The van der Waals surface area contributed by atoms with Crippen molar-refractivity contribution in [1.29, 1.82) is 0 Å². The van der Waals surface area contributed by atoms with Crippen molar-refractivity contribution in [3.8, 4) is 0 Å². The fourth-order valence-electron chi connectivity index (χ4n) is 2.46. The maximum atomic E-state index is 5.64. The highest BCUT2D eigenvalue weighted by Gasteiger charge is 2.15. The van der Waals surface area contributed by atoms with E-state index < -0.39 is 0 Å². The molecule has 1 aliphatic carbocycles. The van der Waals surface area contributed by atoms with Crippen LogP contribution in [-0.4, -0.2) is 32.2 Å². The highest BCUT2D eigenvalue weighted by molar-refractivity contribution is 5.79. The van der Waals surface area contributed by atoms with E-state index in [1.165, 1.54) is 31.2 Å². The number of rotatable bonds is 6. The summed E-state index contributed by atoms with van der Waals surface area (Å²) in [5, 5.41) is 6.75. The summed E-state index contributed by atoms with van der Waals surface area (Å²) in [5.41, 5.74) is 1.21. The summed E-state index contributed by atoms with van der Waals surface area (Å²) in [4.78, 5) is 4.25.